The molecule has 0 unspecified atom stereocenters. The first-order chi connectivity index (χ1) is 9.29. The molecule has 0 aliphatic carbocycles. The van der Waals surface area contributed by atoms with Gasteiger partial charge in [-0.2, -0.15) is 5.10 Å². The molecule has 1 heterocycles. The average Bonchev–Trinajstić information content (AvgIpc) is 2.48. The summed E-state index contributed by atoms with van der Waals surface area (Å²) in [6.07, 6.45) is 0. The summed E-state index contributed by atoms with van der Waals surface area (Å²) in [6, 6.07) is 15.7. The second-order valence-electron chi connectivity index (χ2n) is 4.33. The molecule has 1 aromatic heterocycles. The van der Waals surface area contributed by atoms with Crippen molar-refractivity contribution in [2.75, 3.05) is 0 Å². The van der Waals surface area contributed by atoms with E-state index in [9.17, 15) is 4.79 Å². The molecule has 0 radical (unpaired) electrons. The highest BCUT2D eigenvalue weighted by Crippen LogP contribution is 2.23. The molecule has 19 heavy (non-hydrogen) atoms. The molecule has 3 N–H and O–H groups in total. The largest absolute Gasteiger partial charge is 0.325 e. The predicted molar refractivity (Wildman–Crippen MR) is 75.7 cm³/mol. The van der Waals surface area contributed by atoms with Crippen molar-refractivity contribution < 1.29 is 0 Å². The van der Waals surface area contributed by atoms with Gasteiger partial charge in [0.15, 0.2) is 0 Å². The maximum atomic E-state index is 11.9. The van der Waals surface area contributed by atoms with Gasteiger partial charge in [-0.15, -0.1) is 0 Å². The Hall–Kier alpha value is -2.46. The number of rotatable bonds is 2. The minimum Gasteiger partial charge on any atom is -0.325 e. The molecule has 3 aromatic rings. The van der Waals surface area contributed by atoms with Gasteiger partial charge in [0.25, 0.3) is 5.56 Å². The number of aromatic amines is 1. The minimum absolute atomic E-state index is 0.190. The Morgan fingerprint density at radius 3 is 2.53 bits per heavy atom. The lowest BCUT2D eigenvalue weighted by Gasteiger charge is -2.05. The van der Waals surface area contributed by atoms with E-state index >= 15 is 0 Å². The highest BCUT2D eigenvalue weighted by molar-refractivity contribution is 5.88. The van der Waals surface area contributed by atoms with Crippen molar-refractivity contribution in [3.63, 3.8) is 0 Å². The van der Waals surface area contributed by atoms with Crippen LogP contribution in [-0.2, 0) is 6.54 Å². The molecule has 0 spiro atoms. The first-order valence-corrected chi connectivity index (χ1v) is 6.06. The van der Waals surface area contributed by atoms with Crippen LogP contribution in [0, 0.1) is 0 Å². The molecule has 0 bridgehead atoms. The van der Waals surface area contributed by atoms with Crippen LogP contribution in [0.3, 0.4) is 0 Å². The molecule has 4 heteroatoms. The van der Waals surface area contributed by atoms with Gasteiger partial charge < -0.3 is 5.73 Å². The van der Waals surface area contributed by atoms with E-state index in [2.05, 4.69) is 10.2 Å². The van der Waals surface area contributed by atoms with Gasteiger partial charge in [-0.3, -0.25) is 4.79 Å². The van der Waals surface area contributed by atoms with Gasteiger partial charge in [-0.25, -0.2) is 5.10 Å². The Bertz CT molecular complexity index is 778. The fourth-order valence-corrected chi connectivity index (χ4v) is 2.19. The number of hydrogen-bond acceptors (Lipinski definition) is 3. The van der Waals surface area contributed by atoms with Crippen molar-refractivity contribution in [2.24, 2.45) is 5.73 Å². The van der Waals surface area contributed by atoms with Crippen LogP contribution in [0.5, 0.6) is 0 Å². The van der Waals surface area contributed by atoms with Crippen LogP contribution in [0.1, 0.15) is 5.69 Å². The van der Waals surface area contributed by atoms with Crippen molar-refractivity contribution in [3.8, 4) is 11.1 Å². The highest BCUT2D eigenvalue weighted by atomic mass is 16.1. The predicted octanol–water partition coefficient (Wildman–Crippen LogP) is 2.05. The van der Waals surface area contributed by atoms with Crippen molar-refractivity contribution in [1.29, 1.82) is 0 Å². The first kappa shape index (κ1) is 11.6. The van der Waals surface area contributed by atoms with Crippen molar-refractivity contribution >= 4 is 10.8 Å². The van der Waals surface area contributed by atoms with Crippen molar-refractivity contribution in [1.82, 2.24) is 10.2 Å². The van der Waals surface area contributed by atoms with Crippen LogP contribution in [0.2, 0.25) is 0 Å². The molecule has 2 aromatic carbocycles. The van der Waals surface area contributed by atoms with E-state index in [4.69, 9.17) is 5.73 Å². The van der Waals surface area contributed by atoms with E-state index in [1.54, 1.807) is 0 Å². The molecule has 4 nitrogen and oxygen atoms in total. The van der Waals surface area contributed by atoms with E-state index < -0.39 is 0 Å². The topological polar surface area (TPSA) is 71.8 Å². The summed E-state index contributed by atoms with van der Waals surface area (Å²) in [5.74, 6) is 0. The van der Waals surface area contributed by atoms with Crippen LogP contribution in [0.4, 0.5) is 0 Å². The molecule has 0 atom stereocenters. The van der Waals surface area contributed by atoms with Crippen LogP contribution in [0.15, 0.2) is 53.3 Å². The second kappa shape index (κ2) is 4.66. The number of nitrogens with one attached hydrogen (secondary N) is 1. The Labute approximate surface area is 109 Å². The molecule has 0 saturated carbocycles. The number of aromatic nitrogens is 2. The molecule has 3 rings (SSSR count). The number of nitrogens with zero attached hydrogens (tertiary/aromatic N) is 1. The average molecular weight is 251 g/mol. The Kier molecular flexibility index (Phi) is 2.85. The molecule has 0 amide bonds. The molecular weight excluding hydrogens is 238 g/mol. The van der Waals surface area contributed by atoms with Gasteiger partial charge in [-0.05, 0) is 17.2 Å². The monoisotopic (exact) mass is 251 g/mol. The van der Waals surface area contributed by atoms with Gasteiger partial charge in [0, 0.05) is 11.9 Å². The molecule has 0 aliphatic rings. The van der Waals surface area contributed by atoms with Gasteiger partial charge in [0.05, 0.1) is 11.1 Å². The van der Waals surface area contributed by atoms with E-state index in [0.29, 0.717) is 17.6 Å². The summed E-state index contributed by atoms with van der Waals surface area (Å²) < 4.78 is 0. The summed E-state index contributed by atoms with van der Waals surface area (Å²) >= 11 is 0. The molecule has 94 valence electrons. The Morgan fingerprint density at radius 1 is 1.00 bits per heavy atom. The zero-order chi connectivity index (χ0) is 13.2. The lowest BCUT2D eigenvalue weighted by atomic mass is 10.0. The highest BCUT2D eigenvalue weighted by Gasteiger charge is 2.06. The van der Waals surface area contributed by atoms with Crippen LogP contribution >= 0.6 is 0 Å². The maximum Gasteiger partial charge on any atom is 0.272 e. The van der Waals surface area contributed by atoms with Crippen molar-refractivity contribution in [2.45, 2.75) is 6.54 Å². The fourth-order valence-electron chi connectivity index (χ4n) is 2.19. The van der Waals surface area contributed by atoms with Gasteiger partial charge >= 0.3 is 0 Å². The summed E-state index contributed by atoms with van der Waals surface area (Å²) in [5, 5.41) is 7.88. The number of nitrogens with two attached hydrogens (primary N) is 1. The van der Waals surface area contributed by atoms with Gasteiger partial charge in [-0.1, -0.05) is 42.5 Å². The number of fused-ring (bicyclic) bond motifs is 1. The summed E-state index contributed by atoms with van der Waals surface area (Å²) in [5.41, 5.74) is 8.23. The van der Waals surface area contributed by atoms with Gasteiger partial charge in [0.1, 0.15) is 0 Å². The van der Waals surface area contributed by atoms with Crippen molar-refractivity contribution in [3.05, 3.63) is 64.6 Å². The summed E-state index contributed by atoms with van der Waals surface area (Å²) in [7, 11) is 0. The molecular formula is C15H13N3O. The zero-order valence-electron chi connectivity index (χ0n) is 10.3. The zero-order valence-corrected chi connectivity index (χ0v) is 10.3. The SMILES string of the molecule is NCc1n[nH]c(=O)c2cc(-c3ccccc3)ccc12. The summed E-state index contributed by atoms with van der Waals surface area (Å²) in [6.45, 7) is 0.304. The molecule has 0 aliphatic heterocycles. The lowest BCUT2D eigenvalue weighted by molar-refractivity contribution is 0.900. The normalized spacial score (nSPS) is 10.8. The van der Waals surface area contributed by atoms with E-state index in [-0.39, 0.29) is 5.56 Å². The van der Waals surface area contributed by atoms with Crippen LogP contribution < -0.4 is 11.3 Å². The molecule has 0 saturated heterocycles. The second-order valence-corrected chi connectivity index (χ2v) is 4.33. The smallest absolute Gasteiger partial charge is 0.272 e. The van der Waals surface area contributed by atoms with E-state index in [1.807, 2.05) is 48.5 Å². The third-order valence-corrected chi connectivity index (χ3v) is 3.17. The van der Waals surface area contributed by atoms with Crippen LogP contribution in [0.25, 0.3) is 21.9 Å². The Morgan fingerprint density at radius 2 is 1.79 bits per heavy atom. The summed E-state index contributed by atoms with van der Waals surface area (Å²) in [4.78, 5) is 11.9. The number of hydrogen-bond donors (Lipinski definition) is 2. The van der Waals surface area contributed by atoms with Crippen LogP contribution in [-0.4, -0.2) is 10.2 Å². The minimum atomic E-state index is -0.190. The number of H-pyrrole nitrogens is 1. The van der Waals surface area contributed by atoms with E-state index in [1.165, 1.54) is 0 Å². The maximum absolute atomic E-state index is 11.9. The standard InChI is InChI=1S/C15H13N3O/c16-9-14-12-7-6-11(10-4-2-1-3-5-10)8-13(12)15(19)18-17-14/h1-8H,9,16H2,(H,18,19). The third kappa shape index (κ3) is 2.02. The van der Waals surface area contributed by atoms with Gasteiger partial charge in [0.2, 0.25) is 0 Å². The first-order valence-electron chi connectivity index (χ1n) is 6.06. The lowest BCUT2D eigenvalue weighted by Crippen LogP contribution is -2.13. The number of benzene rings is 2. The third-order valence-electron chi connectivity index (χ3n) is 3.17. The van der Waals surface area contributed by atoms with E-state index in [0.717, 1.165) is 16.5 Å². The fraction of sp³-hybridized carbons (Fsp3) is 0.0667. The molecule has 0 fully saturated rings. The quantitative estimate of drug-likeness (QED) is 0.732. The Balaban J connectivity index is 2.27.